The van der Waals surface area contributed by atoms with Crippen molar-refractivity contribution >= 4 is 22.3 Å². The van der Waals surface area contributed by atoms with E-state index in [0.29, 0.717) is 0 Å². The highest BCUT2D eigenvalue weighted by Gasteiger charge is 2.25. The summed E-state index contributed by atoms with van der Waals surface area (Å²) in [5.41, 5.74) is 2.20. The van der Waals surface area contributed by atoms with Gasteiger partial charge < -0.3 is 4.55 Å². The van der Waals surface area contributed by atoms with Crippen molar-refractivity contribution in [3.8, 4) is 0 Å². The molecule has 102 valence electrons. The summed E-state index contributed by atoms with van der Waals surface area (Å²) in [6.45, 7) is 3.73. The van der Waals surface area contributed by atoms with Crippen molar-refractivity contribution in [2.45, 2.75) is 25.0 Å². The molecular formula is C14H19N3OS. The van der Waals surface area contributed by atoms with Gasteiger partial charge in [0.25, 0.3) is 0 Å². The van der Waals surface area contributed by atoms with Gasteiger partial charge in [0.1, 0.15) is 0 Å². The lowest BCUT2D eigenvalue weighted by molar-refractivity contribution is 0.573. The number of aryl methyl sites for hydroxylation is 1. The Morgan fingerprint density at radius 1 is 1.47 bits per heavy atom. The van der Waals surface area contributed by atoms with Crippen molar-refractivity contribution in [3.63, 3.8) is 0 Å². The molecule has 0 amide bonds. The van der Waals surface area contributed by atoms with Gasteiger partial charge in [-0.1, -0.05) is 12.1 Å². The summed E-state index contributed by atoms with van der Waals surface area (Å²) in [4.78, 5) is 0. The molecule has 0 fully saturated rings. The highest BCUT2D eigenvalue weighted by molar-refractivity contribution is 7.90. The minimum absolute atomic E-state index is 0.488. The van der Waals surface area contributed by atoms with Crippen LogP contribution >= 0.6 is 0 Å². The van der Waals surface area contributed by atoms with Gasteiger partial charge in [0.05, 0.1) is 5.52 Å². The average molecular weight is 277 g/mol. The standard InChI is InChI=1S/C14H19N3OS/c1-14(2,19(15)18)8-4-5-11-6-7-13-12(9-11)10-17(3)16-13/h4,6-10H,5,15H2,1-3H3. The van der Waals surface area contributed by atoms with Gasteiger partial charge in [-0.3, -0.25) is 4.68 Å². The predicted molar refractivity (Wildman–Crippen MR) is 80.0 cm³/mol. The third kappa shape index (κ3) is 3.37. The number of hydrogen-bond donors (Lipinski definition) is 1. The summed E-state index contributed by atoms with van der Waals surface area (Å²) >= 11 is -1.35. The lowest BCUT2D eigenvalue weighted by Gasteiger charge is -2.20. The Kier molecular flexibility index (Phi) is 3.99. The number of benzene rings is 1. The number of hydrogen-bond acceptors (Lipinski definition) is 3. The minimum atomic E-state index is -1.35. The van der Waals surface area contributed by atoms with Crippen molar-refractivity contribution < 1.29 is 4.55 Å². The van der Waals surface area contributed by atoms with Crippen LogP contribution in [0.25, 0.3) is 10.9 Å². The maximum Gasteiger partial charge on any atom is 0.157 e. The molecule has 1 atom stereocenters. The summed E-state index contributed by atoms with van der Waals surface area (Å²) in [6, 6.07) is 6.20. The molecule has 0 aliphatic carbocycles. The Hall–Kier alpha value is -1.30. The monoisotopic (exact) mass is 277 g/mol. The molecule has 2 N–H and O–H groups in total. The van der Waals surface area contributed by atoms with Crippen molar-refractivity contribution in [3.05, 3.63) is 42.1 Å². The van der Waals surface area contributed by atoms with E-state index in [1.165, 1.54) is 5.56 Å². The summed E-state index contributed by atoms with van der Waals surface area (Å²) in [7, 11) is 1.92. The largest absolute Gasteiger partial charge is 0.598 e. The van der Waals surface area contributed by atoms with Gasteiger partial charge in [0.15, 0.2) is 4.75 Å². The molecule has 0 spiro atoms. The second kappa shape index (κ2) is 5.36. The molecule has 0 saturated heterocycles. The van der Waals surface area contributed by atoms with Gasteiger partial charge in [0.2, 0.25) is 0 Å². The van der Waals surface area contributed by atoms with Crippen LogP contribution in [0.4, 0.5) is 0 Å². The first-order chi connectivity index (χ1) is 8.88. The Morgan fingerprint density at radius 3 is 2.89 bits per heavy atom. The van der Waals surface area contributed by atoms with E-state index in [0.717, 1.165) is 17.3 Å². The molecule has 0 aliphatic rings. The minimum Gasteiger partial charge on any atom is -0.598 e. The van der Waals surface area contributed by atoms with E-state index in [-0.39, 0.29) is 0 Å². The van der Waals surface area contributed by atoms with Gasteiger partial charge in [-0.2, -0.15) is 10.2 Å². The molecular weight excluding hydrogens is 258 g/mol. The van der Waals surface area contributed by atoms with E-state index >= 15 is 0 Å². The second-order valence-corrected chi connectivity index (χ2v) is 6.85. The Bertz CT molecular complexity index is 602. The van der Waals surface area contributed by atoms with Crippen LogP contribution < -0.4 is 5.14 Å². The van der Waals surface area contributed by atoms with Gasteiger partial charge in [-0.25, -0.2) is 0 Å². The zero-order chi connectivity index (χ0) is 14.0. The van der Waals surface area contributed by atoms with Gasteiger partial charge >= 0.3 is 0 Å². The molecule has 0 radical (unpaired) electrons. The summed E-state index contributed by atoms with van der Waals surface area (Å²) in [6.07, 6.45) is 6.73. The van der Waals surface area contributed by atoms with Gasteiger partial charge in [-0.05, 0) is 44.0 Å². The van der Waals surface area contributed by atoms with E-state index in [9.17, 15) is 4.55 Å². The molecule has 19 heavy (non-hydrogen) atoms. The van der Waals surface area contributed by atoms with Crippen LogP contribution in [-0.2, 0) is 24.8 Å². The van der Waals surface area contributed by atoms with Crippen LogP contribution in [0.1, 0.15) is 19.4 Å². The Labute approximate surface area is 116 Å². The zero-order valence-electron chi connectivity index (χ0n) is 11.5. The van der Waals surface area contributed by atoms with E-state index in [2.05, 4.69) is 17.2 Å². The average Bonchev–Trinajstić information content (AvgIpc) is 2.68. The molecule has 0 bridgehead atoms. The third-order valence-corrected chi connectivity index (χ3v) is 4.25. The fourth-order valence-electron chi connectivity index (χ4n) is 1.87. The normalized spacial score (nSPS) is 14.4. The molecule has 4 nitrogen and oxygen atoms in total. The van der Waals surface area contributed by atoms with Gasteiger partial charge in [0, 0.05) is 30.0 Å². The maximum atomic E-state index is 11.3. The topological polar surface area (TPSA) is 66.9 Å². The van der Waals surface area contributed by atoms with Crippen molar-refractivity contribution in [1.82, 2.24) is 9.78 Å². The lowest BCUT2D eigenvalue weighted by Crippen LogP contribution is -2.35. The van der Waals surface area contributed by atoms with Crippen molar-refractivity contribution in [1.29, 1.82) is 0 Å². The number of nitrogens with two attached hydrogens (primary N) is 1. The summed E-state index contributed by atoms with van der Waals surface area (Å²) in [5.74, 6) is 0. The van der Waals surface area contributed by atoms with Crippen molar-refractivity contribution in [2.24, 2.45) is 12.2 Å². The second-order valence-electron chi connectivity index (χ2n) is 5.20. The fraction of sp³-hybridized carbons (Fsp3) is 0.357. The third-order valence-electron chi connectivity index (χ3n) is 3.07. The smallest absolute Gasteiger partial charge is 0.157 e. The molecule has 1 aromatic heterocycles. The Morgan fingerprint density at radius 2 is 2.21 bits per heavy atom. The predicted octanol–water partition coefficient (Wildman–Crippen LogP) is 2.07. The Balaban J connectivity index is 2.11. The van der Waals surface area contributed by atoms with Gasteiger partial charge in [-0.15, -0.1) is 0 Å². The first-order valence-corrected chi connectivity index (χ1v) is 7.36. The zero-order valence-corrected chi connectivity index (χ0v) is 12.3. The van der Waals surface area contributed by atoms with E-state index < -0.39 is 16.1 Å². The fourth-order valence-corrected chi connectivity index (χ4v) is 2.10. The number of allylic oxidation sites excluding steroid dienone is 1. The molecule has 0 saturated carbocycles. The molecule has 2 aromatic rings. The lowest BCUT2D eigenvalue weighted by atomic mass is 10.1. The van der Waals surface area contributed by atoms with Crippen LogP contribution in [0.2, 0.25) is 0 Å². The highest BCUT2D eigenvalue weighted by Crippen LogP contribution is 2.17. The molecule has 2 rings (SSSR count). The number of fused-ring (bicyclic) bond motifs is 1. The SMILES string of the molecule is Cn1cc2cc(CC=CC(C)(C)[S+](N)[O-])ccc2n1. The van der Waals surface area contributed by atoms with Crippen molar-refractivity contribution in [2.75, 3.05) is 0 Å². The number of aromatic nitrogens is 2. The highest BCUT2D eigenvalue weighted by atomic mass is 32.2. The van der Waals surface area contributed by atoms with E-state index in [4.69, 9.17) is 5.14 Å². The molecule has 1 unspecified atom stereocenters. The first kappa shape index (κ1) is 14.1. The number of rotatable bonds is 4. The van der Waals surface area contributed by atoms with Crippen LogP contribution in [-0.4, -0.2) is 19.1 Å². The molecule has 1 heterocycles. The molecule has 0 aliphatic heterocycles. The summed E-state index contributed by atoms with van der Waals surface area (Å²) < 4.78 is 12.6. The van der Waals surface area contributed by atoms with Crippen LogP contribution in [0.15, 0.2) is 36.5 Å². The maximum absolute atomic E-state index is 11.3. The molecule has 5 heteroatoms. The van der Waals surface area contributed by atoms with E-state index in [1.807, 2.05) is 50.0 Å². The van der Waals surface area contributed by atoms with Crippen LogP contribution in [0.3, 0.4) is 0 Å². The quantitative estimate of drug-likeness (QED) is 0.687. The van der Waals surface area contributed by atoms with Crippen LogP contribution in [0, 0.1) is 0 Å². The molecule has 1 aromatic carbocycles. The van der Waals surface area contributed by atoms with E-state index in [1.54, 1.807) is 0 Å². The number of nitrogens with zero attached hydrogens (tertiary/aromatic N) is 2. The first-order valence-electron chi connectivity index (χ1n) is 6.15. The summed E-state index contributed by atoms with van der Waals surface area (Å²) in [5, 5.41) is 10.9. The van der Waals surface area contributed by atoms with Crippen LogP contribution in [0.5, 0.6) is 0 Å².